The second kappa shape index (κ2) is 6.83. The van der Waals surface area contributed by atoms with E-state index in [9.17, 15) is 9.59 Å². The normalized spacial score (nSPS) is 22.7. The molecule has 0 saturated heterocycles. The highest BCUT2D eigenvalue weighted by Crippen LogP contribution is 2.32. The minimum Gasteiger partial charge on any atom is -0.351 e. The Hall–Kier alpha value is -2.82. The first-order valence-electron chi connectivity index (χ1n) is 9.25. The molecule has 1 atom stereocenters. The van der Waals surface area contributed by atoms with Gasteiger partial charge in [0.15, 0.2) is 0 Å². The van der Waals surface area contributed by atoms with Gasteiger partial charge in [-0.05, 0) is 25.0 Å². The van der Waals surface area contributed by atoms with Gasteiger partial charge in [-0.15, -0.1) is 0 Å². The molecule has 1 aliphatic heterocycles. The first kappa shape index (κ1) is 16.6. The Balaban J connectivity index is 1.72. The first-order valence-corrected chi connectivity index (χ1v) is 9.25. The third-order valence-corrected chi connectivity index (χ3v) is 5.28. The molecule has 1 aliphatic carbocycles. The summed E-state index contributed by atoms with van der Waals surface area (Å²) in [4.78, 5) is 26.1. The lowest BCUT2D eigenvalue weighted by atomic mass is 9.91. The molecule has 1 heterocycles. The zero-order valence-electron chi connectivity index (χ0n) is 14.6. The zero-order valence-corrected chi connectivity index (χ0v) is 14.6. The highest BCUT2D eigenvalue weighted by molar-refractivity contribution is 6.07. The average Bonchev–Trinajstić information content (AvgIpc) is 2.69. The summed E-state index contributed by atoms with van der Waals surface area (Å²) in [5.41, 5.74) is 0.629. The molecule has 134 valence electrons. The van der Waals surface area contributed by atoms with E-state index >= 15 is 0 Å². The maximum absolute atomic E-state index is 13.4. The van der Waals surface area contributed by atoms with Crippen LogP contribution in [0.2, 0.25) is 0 Å². The molecule has 1 unspecified atom stereocenters. The van der Waals surface area contributed by atoms with Crippen LogP contribution >= 0.6 is 0 Å². The Labute approximate surface area is 153 Å². The SMILES string of the molecule is O=C1NC(C(=O)NC2CCCCC2)(c2ccccc2)Nc2ccccc21. The maximum atomic E-state index is 13.4. The lowest BCUT2D eigenvalue weighted by Gasteiger charge is -2.40. The molecule has 26 heavy (non-hydrogen) atoms. The van der Waals surface area contributed by atoms with Crippen molar-refractivity contribution >= 4 is 17.5 Å². The number of hydrogen-bond donors (Lipinski definition) is 3. The van der Waals surface area contributed by atoms with Crippen LogP contribution in [0.5, 0.6) is 0 Å². The fourth-order valence-corrected chi connectivity index (χ4v) is 3.88. The van der Waals surface area contributed by atoms with E-state index in [0.717, 1.165) is 31.2 Å². The highest BCUT2D eigenvalue weighted by atomic mass is 16.2. The monoisotopic (exact) mass is 349 g/mol. The molecule has 3 N–H and O–H groups in total. The quantitative estimate of drug-likeness (QED) is 0.797. The lowest BCUT2D eigenvalue weighted by molar-refractivity contribution is -0.127. The number of fused-ring (bicyclic) bond motifs is 1. The van der Waals surface area contributed by atoms with Crippen LogP contribution in [0, 0.1) is 0 Å². The third kappa shape index (κ3) is 2.94. The van der Waals surface area contributed by atoms with Crippen LogP contribution < -0.4 is 16.0 Å². The molecular weight excluding hydrogens is 326 g/mol. The molecule has 1 saturated carbocycles. The fraction of sp³-hybridized carbons (Fsp3) is 0.333. The van der Waals surface area contributed by atoms with E-state index in [2.05, 4.69) is 16.0 Å². The van der Waals surface area contributed by atoms with Gasteiger partial charge in [0.1, 0.15) is 0 Å². The summed E-state index contributed by atoms with van der Waals surface area (Å²) < 4.78 is 0. The van der Waals surface area contributed by atoms with E-state index < -0.39 is 5.66 Å². The van der Waals surface area contributed by atoms with Crippen molar-refractivity contribution in [3.8, 4) is 0 Å². The average molecular weight is 349 g/mol. The number of amides is 2. The molecule has 2 aromatic rings. The van der Waals surface area contributed by atoms with Gasteiger partial charge in [0.25, 0.3) is 11.8 Å². The molecule has 5 nitrogen and oxygen atoms in total. The van der Waals surface area contributed by atoms with Crippen molar-refractivity contribution < 1.29 is 9.59 Å². The summed E-state index contributed by atoms with van der Waals surface area (Å²) in [6.45, 7) is 0. The van der Waals surface area contributed by atoms with Gasteiger partial charge in [-0.2, -0.15) is 0 Å². The second-order valence-corrected chi connectivity index (χ2v) is 7.05. The van der Waals surface area contributed by atoms with E-state index in [1.807, 2.05) is 48.5 Å². The van der Waals surface area contributed by atoms with Gasteiger partial charge in [0, 0.05) is 17.3 Å². The smallest absolute Gasteiger partial charge is 0.271 e. The van der Waals surface area contributed by atoms with Crippen molar-refractivity contribution in [1.29, 1.82) is 0 Å². The Morgan fingerprint density at radius 2 is 1.62 bits per heavy atom. The molecule has 5 heteroatoms. The second-order valence-electron chi connectivity index (χ2n) is 7.05. The Bertz CT molecular complexity index is 815. The van der Waals surface area contributed by atoms with Gasteiger partial charge in [-0.3, -0.25) is 9.59 Å². The predicted octanol–water partition coefficient (Wildman–Crippen LogP) is 3.14. The predicted molar refractivity (Wildman–Crippen MR) is 101 cm³/mol. The number of carbonyl (C=O) groups is 2. The Kier molecular flexibility index (Phi) is 4.37. The number of para-hydroxylation sites is 1. The van der Waals surface area contributed by atoms with Crippen LogP contribution in [0.15, 0.2) is 54.6 Å². The Morgan fingerprint density at radius 3 is 2.38 bits per heavy atom. The number of anilines is 1. The van der Waals surface area contributed by atoms with Crippen LogP contribution in [0.3, 0.4) is 0 Å². The molecule has 0 bridgehead atoms. The topological polar surface area (TPSA) is 70.2 Å². The summed E-state index contributed by atoms with van der Waals surface area (Å²) in [6.07, 6.45) is 5.46. The Morgan fingerprint density at radius 1 is 0.923 bits per heavy atom. The molecule has 1 fully saturated rings. The lowest BCUT2D eigenvalue weighted by Crippen LogP contribution is -2.64. The van der Waals surface area contributed by atoms with Gasteiger partial charge < -0.3 is 16.0 Å². The zero-order chi connectivity index (χ0) is 18.0. The highest BCUT2D eigenvalue weighted by Gasteiger charge is 2.46. The summed E-state index contributed by atoms with van der Waals surface area (Å²) in [5, 5.41) is 9.40. The maximum Gasteiger partial charge on any atom is 0.271 e. The van der Waals surface area contributed by atoms with E-state index in [0.29, 0.717) is 11.3 Å². The molecule has 0 aromatic heterocycles. The van der Waals surface area contributed by atoms with E-state index in [4.69, 9.17) is 0 Å². The van der Waals surface area contributed by atoms with Crippen molar-refractivity contribution in [2.45, 2.75) is 43.8 Å². The summed E-state index contributed by atoms with van der Waals surface area (Å²) in [6, 6.07) is 16.8. The van der Waals surface area contributed by atoms with Crippen LogP contribution in [0.4, 0.5) is 5.69 Å². The van der Waals surface area contributed by atoms with Crippen molar-refractivity contribution in [2.75, 3.05) is 5.32 Å². The van der Waals surface area contributed by atoms with Gasteiger partial charge >= 0.3 is 0 Å². The van der Waals surface area contributed by atoms with Crippen LogP contribution in [0.1, 0.15) is 48.0 Å². The molecule has 0 spiro atoms. The summed E-state index contributed by atoms with van der Waals surface area (Å²) in [7, 11) is 0. The third-order valence-electron chi connectivity index (χ3n) is 5.28. The largest absolute Gasteiger partial charge is 0.351 e. The van der Waals surface area contributed by atoms with Gasteiger partial charge in [-0.25, -0.2) is 0 Å². The minimum atomic E-state index is -1.30. The summed E-state index contributed by atoms with van der Waals surface area (Å²) >= 11 is 0. The molecule has 4 rings (SSSR count). The van der Waals surface area contributed by atoms with Crippen molar-refractivity contribution in [3.05, 3.63) is 65.7 Å². The van der Waals surface area contributed by atoms with Gasteiger partial charge in [0.2, 0.25) is 5.66 Å². The summed E-state index contributed by atoms with van der Waals surface area (Å²) in [5.74, 6) is -0.458. The molecule has 2 amide bonds. The van der Waals surface area contributed by atoms with Gasteiger partial charge in [0.05, 0.1) is 5.56 Å². The van der Waals surface area contributed by atoms with Crippen molar-refractivity contribution in [1.82, 2.24) is 10.6 Å². The number of nitrogens with one attached hydrogen (secondary N) is 3. The van der Waals surface area contributed by atoms with Crippen molar-refractivity contribution in [2.24, 2.45) is 0 Å². The molecular formula is C21H23N3O2. The van der Waals surface area contributed by atoms with E-state index in [-0.39, 0.29) is 17.9 Å². The van der Waals surface area contributed by atoms with E-state index in [1.165, 1.54) is 6.42 Å². The molecule has 2 aliphatic rings. The molecule has 2 aromatic carbocycles. The standard InChI is InChI=1S/C21H23N3O2/c25-19-17-13-7-8-14-18(17)23-21(24-19,15-9-3-1-4-10-15)20(26)22-16-11-5-2-6-12-16/h1,3-4,7-10,13-14,16,23H,2,5-6,11-12H2,(H,22,26)(H,24,25). The molecule has 0 radical (unpaired) electrons. The number of carbonyl (C=O) groups excluding carboxylic acids is 2. The van der Waals surface area contributed by atoms with Gasteiger partial charge in [-0.1, -0.05) is 61.7 Å². The minimum absolute atomic E-state index is 0.160. The fourth-order valence-electron chi connectivity index (χ4n) is 3.88. The van der Waals surface area contributed by atoms with Crippen molar-refractivity contribution in [3.63, 3.8) is 0 Å². The number of rotatable bonds is 3. The number of benzene rings is 2. The van der Waals surface area contributed by atoms with Crippen LogP contribution in [0.25, 0.3) is 0 Å². The van der Waals surface area contributed by atoms with E-state index in [1.54, 1.807) is 6.07 Å². The van der Waals surface area contributed by atoms with Crippen LogP contribution in [-0.2, 0) is 10.5 Å². The first-order chi connectivity index (χ1) is 12.7. The van der Waals surface area contributed by atoms with Crippen LogP contribution in [-0.4, -0.2) is 17.9 Å². The number of hydrogen-bond acceptors (Lipinski definition) is 3.